The predicted octanol–water partition coefficient (Wildman–Crippen LogP) is 5.03. The largest absolute Gasteiger partial charge is 0.496 e. The van der Waals surface area contributed by atoms with Crippen LogP contribution in [0.3, 0.4) is 0 Å². The molecule has 27 heavy (non-hydrogen) atoms. The summed E-state index contributed by atoms with van der Waals surface area (Å²) in [5, 5.41) is 0. The van der Waals surface area contributed by atoms with E-state index >= 15 is 0 Å². The summed E-state index contributed by atoms with van der Waals surface area (Å²) < 4.78 is 11.2. The van der Waals surface area contributed by atoms with Crippen LogP contribution >= 0.6 is 0 Å². The molecule has 1 aromatic rings. The minimum absolute atomic E-state index is 0.112. The van der Waals surface area contributed by atoms with Crippen molar-refractivity contribution in [1.29, 1.82) is 0 Å². The van der Waals surface area contributed by atoms with Crippen molar-refractivity contribution in [3.05, 3.63) is 28.8 Å². The highest BCUT2D eigenvalue weighted by molar-refractivity contribution is 6.02. The number of fused-ring (bicyclic) bond motifs is 3. The van der Waals surface area contributed by atoms with Gasteiger partial charge in [0.1, 0.15) is 5.75 Å². The van der Waals surface area contributed by atoms with E-state index in [-0.39, 0.29) is 28.5 Å². The van der Waals surface area contributed by atoms with Crippen molar-refractivity contribution >= 4 is 11.8 Å². The second-order valence-electron chi connectivity index (χ2n) is 9.15. The molecule has 3 atom stereocenters. The molecule has 0 aromatic heterocycles. The fourth-order valence-corrected chi connectivity index (χ4v) is 5.52. The van der Waals surface area contributed by atoms with Crippen molar-refractivity contribution in [2.24, 2.45) is 11.3 Å². The van der Waals surface area contributed by atoms with Crippen molar-refractivity contribution in [3.8, 4) is 5.75 Å². The Hall–Kier alpha value is -1.84. The topological polar surface area (TPSA) is 52.6 Å². The highest BCUT2D eigenvalue weighted by Gasteiger charge is 2.54. The molecular weight excluding hydrogens is 340 g/mol. The molecule has 0 spiro atoms. The van der Waals surface area contributed by atoms with E-state index in [4.69, 9.17) is 9.47 Å². The molecule has 1 saturated carbocycles. The second-order valence-corrected chi connectivity index (χ2v) is 9.15. The van der Waals surface area contributed by atoms with E-state index in [1.54, 1.807) is 7.11 Å². The maximum atomic E-state index is 13.3. The van der Waals surface area contributed by atoms with Crippen LogP contribution in [0.15, 0.2) is 12.1 Å². The average molecular weight is 373 g/mol. The standard InChI is InChI=1S/C23H32O4/c1-14(2)16-8-9-17-20(21(16)26-6)18(25)12-19-22(4,13-27-15(3)24)10-7-11-23(17,19)5/h8-9,14,19H,7,10-13H2,1-6H3/t19-,22+,23+/m0/s1. The van der Waals surface area contributed by atoms with Crippen molar-refractivity contribution in [1.82, 2.24) is 0 Å². The normalized spacial score (nSPS) is 29.9. The first-order valence-corrected chi connectivity index (χ1v) is 10.0. The zero-order valence-electron chi connectivity index (χ0n) is 17.5. The third-order valence-corrected chi connectivity index (χ3v) is 6.96. The van der Waals surface area contributed by atoms with Gasteiger partial charge in [0.15, 0.2) is 5.78 Å². The van der Waals surface area contributed by atoms with Gasteiger partial charge in [-0.05, 0) is 41.2 Å². The molecule has 0 heterocycles. The first-order chi connectivity index (χ1) is 12.6. The number of rotatable bonds is 4. The Morgan fingerprint density at radius 1 is 1.26 bits per heavy atom. The lowest BCUT2D eigenvalue weighted by Gasteiger charge is -2.54. The molecular formula is C23H32O4. The number of hydrogen-bond donors (Lipinski definition) is 0. The minimum atomic E-state index is -0.255. The van der Waals surface area contributed by atoms with Crippen LogP contribution < -0.4 is 4.74 Å². The van der Waals surface area contributed by atoms with E-state index in [1.807, 2.05) is 0 Å². The Balaban J connectivity index is 2.12. The van der Waals surface area contributed by atoms with Gasteiger partial charge in [0.2, 0.25) is 0 Å². The highest BCUT2D eigenvalue weighted by atomic mass is 16.5. The summed E-state index contributed by atoms with van der Waals surface area (Å²) in [5.41, 5.74) is 2.68. The van der Waals surface area contributed by atoms with Gasteiger partial charge < -0.3 is 9.47 Å². The number of hydrogen-bond acceptors (Lipinski definition) is 4. The molecule has 148 valence electrons. The zero-order chi connectivity index (χ0) is 20.0. The van der Waals surface area contributed by atoms with Crippen LogP contribution in [-0.2, 0) is 14.9 Å². The van der Waals surface area contributed by atoms with Gasteiger partial charge in [0.05, 0.1) is 19.3 Å². The van der Waals surface area contributed by atoms with Gasteiger partial charge in [-0.25, -0.2) is 0 Å². The summed E-state index contributed by atoms with van der Waals surface area (Å²) >= 11 is 0. The number of ketones is 1. The van der Waals surface area contributed by atoms with Crippen LogP contribution in [0.1, 0.15) is 87.7 Å². The Kier molecular flexibility index (Phi) is 5.13. The number of esters is 1. The SMILES string of the molecule is COc1c(C(C)C)ccc2c1C(=O)C[C@H]1[C@@](C)(COC(C)=O)CCC[C@]21C. The molecule has 0 bridgehead atoms. The highest BCUT2D eigenvalue weighted by Crippen LogP contribution is 2.58. The fraction of sp³-hybridized carbons (Fsp3) is 0.652. The molecule has 0 radical (unpaired) electrons. The van der Waals surface area contributed by atoms with Crippen LogP contribution in [0.2, 0.25) is 0 Å². The molecule has 1 fully saturated rings. The fourth-order valence-electron chi connectivity index (χ4n) is 5.52. The van der Waals surface area contributed by atoms with Gasteiger partial charge >= 0.3 is 5.97 Å². The molecule has 4 nitrogen and oxygen atoms in total. The average Bonchev–Trinajstić information content (AvgIpc) is 2.61. The quantitative estimate of drug-likeness (QED) is 0.696. The Morgan fingerprint density at radius 3 is 2.56 bits per heavy atom. The maximum absolute atomic E-state index is 13.3. The Labute approximate surface area is 162 Å². The van der Waals surface area contributed by atoms with Crippen molar-refractivity contribution in [3.63, 3.8) is 0 Å². The lowest BCUT2D eigenvalue weighted by Crippen LogP contribution is -2.52. The summed E-state index contributed by atoms with van der Waals surface area (Å²) in [6, 6.07) is 4.27. The smallest absolute Gasteiger partial charge is 0.302 e. The third kappa shape index (κ3) is 3.17. The van der Waals surface area contributed by atoms with Gasteiger partial charge in [0, 0.05) is 18.8 Å². The number of ether oxygens (including phenoxy) is 2. The molecule has 3 rings (SSSR count). The van der Waals surface area contributed by atoms with Gasteiger partial charge in [-0.15, -0.1) is 0 Å². The summed E-state index contributed by atoms with van der Waals surface area (Å²) in [4.78, 5) is 24.7. The molecule has 0 aliphatic heterocycles. The third-order valence-electron chi connectivity index (χ3n) is 6.96. The monoisotopic (exact) mass is 372 g/mol. The lowest BCUT2D eigenvalue weighted by atomic mass is 9.49. The van der Waals surface area contributed by atoms with E-state index in [1.165, 1.54) is 6.92 Å². The van der Waals surface area contributed by atoms with Crippen molar-refractivity contribution < 1.29 is 19.1 Å². The summed E-state index contributed by atoms with van der Waals surface area (Å²) in [5.74, 6) is 1.10. The van der Waals surface area contributed by atoms with Gasteiger partial charge in [0.25, 0.3) is 0 Å². The predicted molar refractivity (Wildman–Crippen MR) is 105 cm³/mol. The minimum Gasteiger partial charge on any atom is -0.496 e. The number of carbonyl (C=O) groups is 2. The van der Waals surface area contributed by atoms with Gasteiger partial charge in [-0.2, -0.15) is 0 Å². The van der Waals surface area contributed by atoms with E-state index in [9.17, 15) is 9.59 Å². The van der Waals surface area contributed by atoms with Crippen LogP contribution in [0.5, 0.6) is 5.75 Å². The Morgan fingerprint density at radius 2 is 1.96 bits per heavy atom. The van der Waals surface area contributed by atoms with Crippen LogP contribution in [0, 0.1) is 11.3 Å². The maximum Gasteiger partial charge on any atom is 0.302 e. The second kappa shape index (κ2) is 6.96. The van der Waals surface area contributed by atoms with E-state index in [2.05, 4.69) is 39.8 Å². The molecule has 0 unspecified atom stereocenters. The summed E-state index contributed by atoms with van der Waals surface area (Å²) in [6.07, 6.45) is 3.56. The number of benzene rings is 1. The number of carbonyl (C=O) groups excluding carboxylic acids is 2. The van der Waals surface area contributed by atoms with Crippen LogP contribution in [0.4, 0.5) is 0 Å². The molecule has 0 amide bonds. The summed E-state index contributed by atoms with van der Waals surface area (Å²) in [6.45, 7) is 10.5. The summed E-state index contributed by atoms with van der Waals surface area (Å²) in [7, 11) is 1.66. The molecule has 4 heteroatoms. The van der Waals surface area contributed by atoms with Crippen LogP contribution in [-0.4, -0.2) is 25.5 Å². The Bertz CT molecular complexity index is 766. The first-order valence-electron chi connectivity index (χ1n) is 10.0. The van der Waals surface area contributed by atoms with Gasteiger partial charge in [-0.3, -0.25) is 9.59 Å². The number of Topliss-reactive ketones (excluding diaryl/α,β-unsaturated/α-hetero) is 1. The van der Waals surface area contributed by atoms with E-state index in [0.29, 0.717) is 18.9 Å². The van der Waals surface area contributed by atoms with Crippen LogP contribution in [0.25, 0.3) is 0 Å². The molecule has 0 saturated heterocycles. The molecule has 0 N–H and O–H groups in total. The molecule has 2 aliphatic rings. The van der Waals surface area contributed by atoms with Gasteiger partial charge in [-0.1, -0.05) is 46.2 Å². The van der Waals surface area contributed by atoms with E-state index in [0.717, 1.165) is 41.7 Å². The van der Waals surface area contributed by atoms with E-state index < -0.39 is 0 Å². The van der Waals surface area contributed by atoms with Crippen molar-refractivity contribution in [2.75, 3.05) is 13.7 Å². The molecule has 1 aromatic carbocycles. The first kappa shape index (κ1) is 19.9. The van der Waals surface area contributed by atoms with Crippen molar-refractivity contribution in [2.45, 2.75) is 71.6 Å². The zero-order valence-corrected chi connectivity index (χ0v) is 17.5. The number of methoxy groups -OCH3 is 1. The lowest BCUT2D eigenvalue weighted by molar-refractivity contribution is -0.148. The molecule has 2 aliphatic carbocycles.